The van der Waals surface area contributed by atoms with Crippen molar-refractivity contribution in [3.8, 4) is 0 Å². The monoisotopic (exact) mass is 181 g/mol. The van der Waals surface area contributed by atoms with Crippen LogP contribution < -0.4 is 11.5 Å². The molecule has 0 bridgehead atoms. The van der Waals surface area contributed by atoms with Gasteiger partial charge >= 0.3 is 0 Å². The quantitative estimate of drug-likeness (QED) is 0.713. The summed E-state index contributed by atoms with van der Waals surface area (Å²) in [6.45, 7) is 4.29. The molecule has 0 fully saturated rings. The van der Waals surface area contributed by atoms with Gasteiger partial charge in [-0.2, -0.15) is 15.0 Å². The van der Waals surface area contributed by atoms with Crippen LogP contribution in [0.25, 0.3) is 0 Å². The Morgan fingerprint density at radius 3 is 2.08 bits per heavy atom. The number of nitrogens with zero attached hydrogens (tertiary/aromatic N) is 3. The van der Waals surface area contributed by atoms with E-state index in [-0.39, 0.29) is 11.9 Å². The predicted molar refractivity (Wildman–Crippen MR) is 51.8 cm³/mol. The second-order valence-electron chi connectivity index (χ2n) is 3.40. The second-order valence-corrected chi connectivity index (χ2v) is 3.40. The third-order valence-electron chi connectivity index (χ3n) is 1.66. The number of anilines is 2. The molecule has 0 saturated carbocycles. The summed E-state index contributed by atoms with van der Waals surface area (Å²) in [5, 5.41) is 0. The number of hydrogen-bond donors (Lipinski definition) is 2. The first-order valence-electron chi connectivity index (χ1n) is 4.34. The fourth-order valence-corrected chi connectivity index (χ4v) is 0.986. The van der Waals surface area contributed by atoms with Gasteiger partial charge in [0, 0.05) is 6.42 Å². The van der Waals surface area contributed by atoms with Crippen LogP contribution in [0.4, 0.5) is 11.9 Å². The second kappa shape index (κ2) is 4.02. The zero-order valence-corrected chi connectivity index (χ0v) is 7.99. The number of rotatable bonds is 3. The van der Waals surface area contributed by atoms with E-state index in [1.807, 2.05) is 0 Å². The third-order valence-corrected chi connectivity index (χ3v) is 1.66. The zero-order chi connectivity index (χ0) is 9.84. The van der Waals surface area contributed by atoms with Crippen LogP contribution in [0, 0.1) is 5.92 Å². The number of aryl methyl sites for hydroxylation is 1. The van der Waals surface area contributed by atoms with Gasteiger partial charge in [-0.1, -0.05) is 13.8 Å². The standard InChI is InChI=1S/C8H15N5/c1-5(2)3-4-6-11-7(9)13-8(10)12-6/h5H,3-4H2,1-2H3,(H4,9,10,11,12,13). The fourth-order valence-electron chi connectivity index (χ4n) is 0.986. The average Bonchev–Trinajstić information content (AvgIpc) is 1.99. The van der Waals surface area contributed by atoms with Crippen LogP contribution in [0.3, 0.4) is 0 Å². The largest absolute Gasteiger partial charge is 0.368 e. The maximum atomic E-state index is 5.42. The number of hydrogen-bond acceptors (Lipinski definition) is 5. The first kappa shape index (κ1) is 9.70. The van der Waals surface area contributed by atoms with Crippen molar-refractivity contribution in [2.75, 3.05) is 11.5 Å². The van der Waals surface area contributed by atoms with Gasteiger partial charge in [0.05, 0.1) is 0 Å². The van der Waals surface area contributed by atoms with Gasteiger partial charge in [0.2, 0.25) is 11.9 Å². The normalized spacial score (nSPS) is 10.7. The van der Waals surface area contributed by atoms with Crippen molar-refractivity contribution in [3.05, 3.63) is 5.82 Å². The topological polar surface area (TPSA) is 90.7 Å². The molecule has 0 aliphatic carbocycles. The zero-order valence-electron chi connectivity index (χ0n) is 7.99. The van der Waals surface area contributed by atoms with E-state index in [1.54, 1.807) is 0 Å². The van der Waals surface area contributed by atoms with E-state index >= 15 is 0 Å². The van der Waals surface area contributed by atoms with Gasteiger partial charge in [-0.3, -0.25) is 0 Å². The number of nitrogens with two attached hydrogens (primary N) is 2. The minimum Gasteiger partial charge on any atom is -0.368 e. The van der Waals surface area contributed by atoms with Crippen molar-refractivity contribution in [2.24, 2.45) is 5.92 Å². The van der Waals surface area contributed by atoms with Gasteiger partial charge < -0.3 is 11.5 Å². The summed E-state index contributed by atoms with van der Waals surface area (Å²) >= 11 is 0. The van der Waals surface area contributed by atoms with Gasteiger partial charge in [0.1, 0.15) is 5.82 Å². The molecule has 4 N–H and O–H groups in total. The number of aromatic nitrogens is 3. The summed E-state index contributed by atoms with van der Waals surface area (Å²) in [5.74, 6) is 1.70. The summed E-state index contributed by atoms with van der Waals surface area (Å²) < 4.78 is 0. The van der Waals surface area contributed by atoms with Gasteiger partial charge in [-0.05, 0) is 12.3 Å². The van der Waals surface area contributed by atoms with Crippen molar-refractivity contribution in [1.29, 1.82) is 0 Å². The van der Waals surface area contributed by atoms with E-state index in [4.69, 9.17) is 11.5 Å². The van der Waals surface area contributed by atoms with Crippen LogP contribution in [0.15, 0.2) is 0 Å². The Morgan fingerprint density at radius 1 is 1.08 bits per heavy atom. The maximum Gasteiger partial charge on any atom is 0.225 e. The molecule has 0 saturated heterocycles. The maximum absolute atomic E-state index is 5.42. The molecule has 5 heteroatoms. The highest BCUT2D eigenvalue weighted by molar-refractivity contribution is 5.25. The van der Waals surface area contributed by atoms with Crippen molar-refractivity contribution >= 4 is 11.9 Å². The Hall–Kier alpha value is -1.39. The molecular weight excluding hydrogens is 166 g/mol. The summed E-state index contributed by atoms with van der Waals surface area (Å²) in [6.07, 6.45) is 1.83. The van der Waals surface area contributed by atoms with E-state index < -0.39 is 0 Å². The Labute approximate surface area is 77.6 Å². The molecule has 1 rings (SSSR count). The molecule has 1 aromatic rings. The van der Waals surface area contributed by atoms with Crippen LogP contribution >= 0.6 is 0 Å². The SMILES string of the molecule is CC(C)CCc1nc(N)nc(N)n1. The molecule has 0 aromatic carbocycles. The highest BCUT2D eigenvalue weighted by Crippen LogP contribution is 2.06. The fraction of sp³-hybridized carbons (Fsp3) is 0.625. The van der Waals surface area contributed by atoms with Crippen LogP contribution in [0.5, 0.6) is 0 Å². The summed E-state index contributed by atoms with van der Waals surface area (Å²) in [4.78, 5) is 11.7. The summed E-state index contributed by atoms with van der Waals surface area (Å²) in [5.41, 5.74) is 10.8. The van der Waals surface area contributed by atoms with Gasteiger partial charge in [0.25, 0.3) is 0 Å². The lowest BCUT2D eigenvalue weighted by Gasteiger charge is -2.03. The van der Waals surface area contributed by atoms with E-state index in [0.717, 1.165) is 12.8 Å². The molecule has 72 valence electrons. The molecular formula is C8H15N5. The molecule has 0 atom stereocenters. The van der Waals surface area contributed by atoms with Crippen LogP contribution in [0.2, 0.25) is 0 Å². The van der Waals surface area contributed by atoms with Crippen LogP contribution in [0.1, 0.15) is 26.1 Å². The Balaban J connectivity index is 2.66. The van der Waals surface area contributed by atoms with Gasteiger partial charge in [-0.15, -0.1) is 0 Å². The molecule has 0 aliphatic heterocycles. The average molecular weight is 181 g/mol. The van der Waals surface area contributed by atoms with E-state index in [2.05, 4.69) is 28.8 Å². The molecule has 13 heavy (non-hydrogen) atoms. The minimum atomic E-state index is 0.200. The molecule has 0 radical (unpaired) electrons. The lowest BCUT2D eigenvalue weighted by atomic mass is 10.1. The predicted octanol–water partition coefficient (Wildman–Crippen LogP) is 0.625. The van der Waals surface area contributed by atoms with Crippen molar-refractivity contribution in [2.45, 2.75) is 26.7 Å². The van der Waals surface area contributed by atoms with E-state index in [0.29, 0.717) is 11.7 Å². The first-order chi connectivity index (χ1) is 6.08. The van der Waals surface area contributed by atoms with Crippen LogP contribution in [-0.2, 0) is 6.42 Å². The van der Waals surface area contributed by atoms with E-state index in [1.165, 1.54) is 0 Å². The summed E-state index contributed by atoms with van der Waals surface area (Å²) in [7, 11) is 0. The van der Waals surface area contributed by atoms with Crippen LogP contribution in [-0.4, -0.2) is 15.0 Å². The molecule has 1 aromatic heterocycles. The van der Waals surface area contributed by atoms with Crippen molar-refractivity contribution in [1.82, 2.24) is 15.0 Å². The molecule has 1 heterocycles. The Bertz CT molecular complexity index is 264. The highest BCUT2D eigenvalue weighted by atomic mass is 15.1. The smallest absolute Gasteiger partial charge is 0.225 e. The lowest BCUT2D eigenvalue weighted by molar-refractivity contribution is 0.574. The van der Waals surface area contributed by atoms with Crippen molar-refractivity contribution in [3.63, 3.8) is 0 Å². The Kier molecular flexibility index (Phi) is 3.00. The lowest BCUT2D eigenvalue weighted by Crippen LogP contribution is -2.07. The molecule has 0 aliphatic rings. The molecule has 0 amide bonds. The molecule has 0 spiro atoms. The summed E-state index contributed by atoms with van der Waals surface area (Å²) in [6, 6.07) is 0. The molecule has 0 unspecified atom stereocenters. The Morgan fingerprint density at radius 2 is 1.62 bits per heavy atom. The highest BCUT2D eigenvalue weighted by Gasteiger charge is 2.02. The molecule has 5 nitrogen and oxygen atoms in total. The number of nitrogen functional groups attached to an aromatic ring is 2. The van der Waals surface area contributed by atoms with Gasteiger partial charge in [0.15, 0.2) is 0 Å². The van der Waals surface area contributed by atoms with Crippen molar-refractivity contribution < 1.29 is 0 Å². The first-order valence-corrected chi connectivity index (χ1v) is 4.34. The van der Waals surface area contributed by atoms with E-state index in [9.17, 15) is 0 Å². The van der Waals surface area contributed by atoms with Gasteiger partial charge in [-0.25, -0.2) is 0 Å². The minimum absolute atomic E-state index is 0.200. The third kappa shape index (κ3) is 3.23.